The fourth-order valence-corrected chi connectivity index (χ4v) is 0.969. The fraction of sp³-hybridized carbons (Fsp3) is 0.889. The molecule has 1 atom stereocenters. The number of hydrogen-bond acceptors (Lipinski definition) is 2. The van der Waals surface area contributed by atoms with Crippen LogP contribution in [0.3, 0.4) is 0 Å². The van der Waals surface area contributed by atoms with Gasteiger partial charge in [0.15, 0.2) is 0 Å². The molecule has 0 heterocycles. The number of carbonyl (C=O) groups is 1. The van der Waals surface area contributed by atoms with Crippen molar-refractivity contribution in [2.75, 3.05) is 6.54 Å². The van der Waals surface area contributed by atoms with E-state index in [1.165, 1.54) is 0 Å². The first-order valence-corrected chi connectivity index (χ1v) is 4.50. The Labute approximate surface area is 68.4 Å². The van der Waals surface area contributed by atoms with E-state index in [0.29, 0.717) is 24.3 Å². The van der Waals surface area contributed by atoms with E-state index in [4.69, 9.17) is 0 Å². The summed E-state index contributed by atoms with van der Waals surface area (Å²) >= 11 is 0. The van der Waals surface area contributed by atoms with Gasteiger partial charge in [-0.1, -0.05) is 6.92 Å². The van der Waals surface area contributed by atoms with Crippen molar-refractivity contribution in [3.63, 3.8) is 0 Å². The lowest BCUT2D eigenvalue weighted by Gasteiger charge is -2.09. The average molecular weight is 155 g/mol. The lowest BCUT2D eigenvalue weighted by molar-refractivity contribution is -0.119. The van der Waals surface area contributed by atoms with E-state index in [1.54, 1.807) is 0 Å². The number of nitrogens with one attached hydrogen (secondary N) is 1. The van der Waals surface area contributed by atoms with Crippen molar-refractivity contribution < 1.29 is 4.79 Å². The van der Waals surface area contributed by atoms with E-state index >= 15 is 0 Å². The molecule has 0 aliphatic heterocycles. The predicted molar refractivity (Wildman–Crippen MR) is 45.5 cm³/mol. The van der Waals surface area contributed by atoms with Gasteiger partial charge < -0.3 is 5.32 Å². The summed E-state index contributed by atoms with van der Waals surface area (Å²) in [5, 5.41) is 3.20. The highest BCUT2D eigenvalue weighted by Crippen LogP contribution is 2.29. The second-order valence-electron chi connectivity index (χ2n) is 3.43. The first-order chi connectivity index (χ1) is 5.24. The van der Waals surface area contributed by atoms with Crippen molar-refractivity contribution in [3.8, 4) is 0 Å². The Kier molecular flexibility index (Phi) is 3.06. The number of carbonyl (C=O) groups excluding carboxylic acids is 1. The minimum Gasteiger partial charge on any atom is -0.308 e. The normalized spacial score (nSPS) is 19.8. The minimum absolute atomic E-state index is 0.408. The van der Waals surface area contributed by atoms with Gasteiger partial charge in [-0.3, -0.25) is 4.79 Å². The van der Waals surface area contributed by atoms with Crippen LogP contribution in [0.2, 0.25) is 0 Å². The molecular weight excluding hydrogens is 138 g/mol. The highest BCUT2D eigenvalue weighted by molar-refractivity contribution is 5.84. The van der Waals surface area contributed by atoms with Crippen LogP contribution in [0.4, 0.5) is 0 Å². The summed E-state index contributed by atoms with van der Waals surface area (Å²) in [5.41, 5.74) is 0. The van der Waals surface area contributed by atoms with Gasteiger partial charge in [0.2, 0.25) is 0 Å². The Morgan fingerprint density at radius 2 is 2.27 bits per heavy atom. The fourth-order valence-electron chi connectivity index (χ4n) is 0.969. The molecule has 64 valence electrons. The Bertz CT molecular complexity index is 140. The molecular formula is C9H17NO. The molecule has 2 heteroatoms. The largest absolute Gasteiger partial charge is 0.308 e. The summed E-state index contributed by atoms with van der Waals surface area (Å²) in [4.78, 5) is 11.2. The summed E-state index contributed by atoms with van der Waals surface area (Å²) in [5.74, 6) is 0.817. The SMILES string of the molecule is CCC(C)NCC(=O)C1CC1. The molecule has 0 aromatic rings. The summed E-state index contributed by atoms with van der Waals surface area (Å²) < 4.78 is 0. The topological polar surface area (TPSA) is 29.1 Å². The van der Waals surface area contributed by atoms with Crippen molar-refractivity contribution in [3.05, 3.63) is 0 Å². The second-order valence-corrected chi connectivity index (χ2v) is 3.43. The first kappa shape index (κ1) is 8.72. The zero-order valence-corrected chi connectivity index (χ0v) is 7.39. The van der Waals surface area contributed by atoms with Gasteiger partial charge in [-0.05, 0) is 26.2 Å². The molecule has 1 aliphatic rings. The maximum atomic E-state index is 11.2. The van der Waals surface area contributed by atoms with E-state index in [9.17, 15) is 4.79 Å². The van der Waals surface area contributed by atoms with Crippen LogP contribution in [0.25, 0.3) is 0 Å². The molecule has 1 saturated carbocycles. The van der Waals surface area contributed by atoms with Gasteiger partial charge >= 0.3 is 0 Å². The molecule has 1 N–H and O–H groups in total. The quantitative estimate of drug-likeness (QED) is 0.649. The summed E-state index contributed by atoms with van der Waals surface area (Å²) in [6.45, 7) is 4.82. The molecule has 1 unspecified atom stereocenters. The van der Waals surface area contributed by atoms with Gasteiger partial charge in [0.1, 0.15) is 5.78 Å². The lowest BCUT2D eigenvalue weighted by Crippen LogP contribution is -2.31. The molecule has 0 aromatic carbocycles. The highest BCUT2D eigenvalue weighted by atomic mass is 16.1. The maximum Gasteiger partial charge on any atom is 0.149 e. The van der Waals surface area contributed by atoms with Crippen molar-refractivity contribution in [2.45, 2.75) is 39.2 Å². The number of rotatable bonds is 5. The van der Waals surface area contributed by atoms with E-state index in [-0.39, 0.29) is 0 Å². The van der Waals surface area contributed by atoms with Crippen LogP contribution in [-0.4, -0.2) is 18.4 Å². The van der Waals surface area contributed by atoms with Crippen LogP contribution in [0, 0.1) is 5.92 Å². The zero-order chi connectivity index (χ0) is 8.27. The Hall–Kier alpha value is -0.370. The summed E-state index contributed by atoms with van der Waals surface area (Å²) in [6, 6.07) is 0.484. The summed E-state index contributed by atoms with van der Waals surface area (Å²) in [7, 11) is 0. The molecule has 1 aliphatic carbocycles. The first-order valence-electron chi connectivity index (χ1n) is 4.50. The smallest absolute Gasteiger partial charge is 0.149 e. The van der Waals surface area contributed by atoms with Gasteiger partial charge in [0, 0.05) is 12.0 Å². The van der Waals surface area contributed by atoms with Crippen LogP contribution in [0.5, 0.6) is 0 Å². The predicted octanol–water partition coefficient (Wildman–Crippen LogP) is 1.35. The standard InChI is InChI=1S/C9H17NO/c1-3-7(2)10-6-9(11)8-4-5-8/h7-8,10H,3-6H2,1-2H3. The van der Waals surface area contributed by atoms with Crippen molar-refractivity contribution in [1.29, 1.82) is 0 Å². The third-order valence-corrected chi connectivity index (χ3v) is 2.27. The van der Waals surface area contributed by atoms with E-state index in [0.717, 1.165) is 19.3 Å². The molecule has 0 bridgehead atoms. The highest BCUT2D eigenvalue weighted by Gasteiger charge is 2.28. The minimum atomic E-state index is 0.408. The maximum absolute atomic E-state index is 11.2. The van der Waals surface area contributed by atoms with Crippen molar-refractivity contribution >= 4 is 5.78 Å². The van der Waals surface area contributed by atoms with Crippen molar-refractivity contribution in [1.82, 2.24) is 5.32 Å². The molecule has 0 radical (unpaired) electrons. The Balaban J connectivity index is 2.05. The van der Waals surface area contributed by atoms with Crippen LogP contribution in [-0.2, 0) is 4.79 Å². The van der Waals surface area contributed by atoms with Gasteiger partial charge in [-0.2, -0.15) is 0 Å². The third kappa shape index (κ3) is 3.02. The monoisotopic (exact) mass is 155 g/mol. The molecule has 0 amide bonds. The molecule has 1 fully saturated rings. The molecule has 0 saturated heterocycles. The Morgan fingerprint density at radius 3 is 2.73 bits per heavy atom. The van der Waals surface area contributed by atoms with Crippen LogP contribution in [0.15, 0.2) is 0 Å². The average Bonchev–Trinajstić information content (AvgIpc) is 2.81. The third-order valence-electron chi connectivity index (χ3n) is 2.27. The zero-order valence-electron chi connectivity index (χ0n) is 7.39. The van der Waals surface area contributed by atoms with Crippen LogP contribution >= 0.6 is 0 Å². The summed E-state index contributed by atoms with van der Waals surface area (Å²) in [6.07, 6.45) is 3.35. The number of hydrogen-bond donors (Lipinski definition) is 1. The van der Waals surface area contributed by atoms with E-state index in [2.05, 4.69) is 19.2 Å². The van der Waals surface area contributed by atoms with E-state index in [1.807, 2.05) is 0 Å². The second kappa shape index (κ2) is 3.86. The molecule has 0 aromatic heterocycles. The number of Topliss-reactive ketones (excluding diaryl/α,β-unsaturated/α-hetero) is 1. The van der Waals surface area contributed by atoms with Gasteiger partial charge in [0.25, 0.3) is 0 Å². The van der Waals surface area contributed by atoms with Crippen LogP contribution < -0.4 is 5.32 Å². The van der Waals surface area contributed by atoms with E-state index < -0.39 is 0 Å². The van der Waals surface area contributed by atoms with Crippen molar-refractivity contribution in [2.24, 2.45) is 5.92 Å². The molecule has 0 spiro atoms. The van der Waals surface area contributed by atoms with Gasteiger partial charge in [0.05, 0.1) is 6.54 Å². The Morgan fingerprint density at radius 1 is 1.64 bits per heavy atom. The lowest BCUT2D eigenvalue weighted by atomic mass is 10.2. The number of ketones is 1. The van der Waals surface area contributed by atoms with Crippen LogP contribution in [0.1, 0.15) is 33.1 Å². The van der Waals surface area contributed by atoms with Gasteiger partial charge in [-0.15, -0.1) is 0 Å². The molecule has 11 heavy (non-hydrogen) atoms. The van der Waals surface area contributed by atoms with Gasteiger partial charge in [-0.25, -0.2) is 0 Å². The molecule has 1 rings (SSSR count). The molecule has 2 nitrogen and oxygen atoms in total.